The van der Waals surface area contributed by atoms with Crippen LogP contribution in [0, 0.1) is 0 Å². The molecule has 1 unspecified atom stereocenters. The van der Waals surface area contributed by atoms with Crippen molar-refractivity contribution in [1.82, 2.24) is 4.90 Å². The molecule has 0 spiro atoms. The van der Waals surface area contributed by atoms with Gasteiger partial charge in [-0.15, -0.1) is 0 Å². The molecule has 2 aliphatic rings. The highest BCUT2D eigenvalue weighted by atomic mass is 32.2. The van der Waals surface area contributed by atoms with Crippen LogP contribution in [0.25, 0.3) is 0 Å². The first kappa shape index (κ1) is 13.2. The summed E-state index contributed by atoms with van der Waals surface area (Å²) in [5.41, 5.74) is 0.652. The van der Waals surface area contributed by atoms with Crippen LogP contribution in [0.15, 0.2) is 26.4 Å². The highest BCUT2D eigenvalue weighted by Gasteiger charge is 2.26. The Balaban J connectivity index is 2.18. The number of benzene rings is 1. The molecule has 0 amide bonds. The van der Waals surface area contributed by atoms with Crippen molar-refractivity contribution >= 4 is 21.4 Å². The highest BCUT2D eigenvalue weighted by Crippen LogP contribution is 2.42. The molecule has 0 N–H and O–H groups in total. The second-order valence-electron chi connectivity index (χ2n) is 4.65. The molecule has 0 radical (unpaired) electrons. The van der Waals surface area contributed by atoms with Gasteiger partial charge in [-0.2, -0.15) is 4.36 Å². The van der Waals surface area contributed by atoms with E-state index >= 15 is 0 Å². The molecule has 3 rings (SSSR count). The van der Waals surface area contributed by atoms with Crippen molar-refractivity contribution in [2.24, 2.45) is 9.36 Å². The molecule has 1 aromatic carbocycles. The number of hydrogen-bond donors (Lipinski definition) is 0. The minimum atomic E-state index is -2.51. The Morgan fingerprint density at radius 1 is 1.25 bits per heavy atom. The van der Waals surface area contributed by atoms with Gasteiger partial charge in [-0.1, -0.05) is 0 Å². The van der Waals surface area contributed by atoms with Crippen molar-refractivity contribution in [3.63, 3.8) is 0 Å². The van der Waals surface area contributed by atoms with E-state index in [1.54, 1.807) is 18.4 Å². The van der Waals surface area contributed by atoms with Crippen molar-refractivity contribution < 1.29 is 13.7 Å². The van der Waals surface area contributed by atoms with Crippen LogP contribution in [0.3, 0.4) is 0 Å². The third-order valence-electron chi connectivity index (χ3n) is 3.38. The lowest BCUT2D eigenvalue weighted by Gasteiger charge is -2.23. The minimum Gasteiger partial charge on any atom is -0.454 e. The molecule has 1 aromatic rings. The van der Waals surface area contributed by atoms with Crippen molar-refractivity contribution in [2.45, 2.75) is 18.7 Å². The van der Waals surface area contributed by atoms with Gasteiger partial charge in [0.05, 0.1) is 20.3 Å². The molecular formula is C13H17N3O3S. The van der Waals surface area contributed by atoms with Gasteiger partial charge in [-0.25, -0.2) is 9.20 Å². The fourth-order valence-electron chi connectivity index (χ4n) is 2.27. The maximum absolute atomic E-state index is 12.8. The molecule has 0 aliphatic carbocycles. The molecule has 0 aromatic heterocycles. The van der Waals surface area contributed by atoms with Crippen molar-refractivity contribution in [3.05, 3.63) is 12.1 Å². The molecule has 20 heavy (non-hydrogen) atoms. The second kappa shape index (κ2) is 4.66. The van der Waals surface area contributed by atoms with E-state index in [1.807, 2.05) is 18.7 Å². The maximum Gasteiger partial charge on any atom is 0.234 e. The highest BCUT2D eigenvalue weighted by molar-refractivity contribution is 7.93. The van der Waals surface area contributed by atoms with Gasteiger partial charge in [0.15, 0.2) is 11.5 Å². The lowest BCUT2D eigenvalue weighted by molar-refractivity contribution is 0.174. The van der Waals surface area contributed by atoms with Crippen LogP contribution in [0.2, 0.25) is 0 Å². The van der Waals surface area contributed by atoms with Crippen LogP contribution in [-0.2, 0) is 9.73 Å². The number of aliphatic imine (C=N–C) groups is 1. The Kier molecular flexibility index (Phi) is 3.08. The monoisotopic (exact) mass is 295 g/mol. The smallest absolute Gasteiger partial charge is 0.234 e. The minimum absolute atomic E-state index is 0.187. The second-order valence-corrected chi connectivity index (χ2v) is 6.88. The fraction of sp³-hybridized carbons (Fsp3) is 0.462. The largest absolute Gasteiger partial charge is 0.454 e. The molecule has 2 aliphatic heterocycles. The first-order valence-electron chi connectivity index (χ1n) is 6.54. The number of ether oxygens (including phenoxy) is 2. The number of rotatable bonds is 2. The number of fused-ring (bicyclic) bond motifs is 2. The van der Waals surface area contributed by atoms with E-state index < -0.39 is 9.73 Å². The summed E-state index contributed by atoms with van der Waals surface area (Å²) in [7, 11) is -2.51. The van der Waals surface area contributed by atoms with E-state index in [0.29, 0.717) is 28.0 Å². The number of nitrogens with zero attached hydrogens (tertiary/aromatic N) is 3. The zero-order chi connectivity index (χ0) is 14.3. The van der Waals surface area contributed by atoms with E-state index in [2.05, 4.69) is 9.36 Å². The Hall–Kier alpha value is -1.76. The summed E-state index contributed by atoms with van der Waals surface area (Å²) in [6.07, 6.45) is 1.63. The van der Waals surface area contributed by atoms with Gasteiger partial charge in [0, 0.05) is 31.5 Å². The fourth-order valence-corrected chi connectivity index (χ4v) is 3.66. The van der Waals surface area contributed by atoms with Crippen LogP contribution in [0.1, 0.15) is 13.8 Å². The molecule has 108 valence electrons. The lowest BCUT2D eigenvalue weighted by Crippen LogP contribution is -2.31. The van der Waals surface area contributed by atoms with Gasteiger partial charge in [0.2, 0.25) is 12.8 Å². The van der Waals surface area contributed by atoms with E-state index in [0.717, 1.165) is 13.1 Å². The van der Waals surface area contributed by atoms with Crippen LogP contribution < -0.4 is 9.47 Å². The van der Waals surface area contributed by atoms with E-state index in [-0.39, 0.29) is 6.79 Å². The Labute approximate surface area is 118 Å². The van der Waals surface area contributed by atoms with Gasteiger partial charge >= 0.3 is 0 Å². The quantitative estimate of drug-likeness (QED) is 0.839. The molecule has 2 heterocycles. The van der Waals surface area contributed by atoms with Gasteiger partial charge in [0.1, 0.15) is 0 Å². The van der Waals surface area contributed by atoms with E-state index in [9.17, 15) is 4.21 Å². The third kappa shape index (κ3) is 2.02. The number of guanidine groups is 1. The summed E-state index contributed by atoms with van der Waals surface area (Å²) in [6, 6.07) is 3.50. The lowest BCUT2D eigenvalue weighted by atomic mass is 10.3. The van der Waals surface area contributed by atoms with Crippen molar-refractivity contribution in [1.29, 1.82) is 0 Å². The summed E-state index contributed by atoms with van der Waals surface area (Å²) in [5, 5.41) is 0. The van der Waals surface area contributed by atoms with Gasteiger partial charge in [0.25, 0.3) is 0 Å². The summed E-state index contributed by atoms with van der Waals surface area (Å²) >= 11 is 0. The summed E-state index contributed by atoms with van der Waals surface area (Å²) in [4.78, 5) is 7.11. The zero-order valence-corrected chi connectivity index (χ0v) is 12.6. The Morgan fingerprint density at radius 3 is 2.55 bits per heavy atom. The first-order chi connectivity index (χ1) is 9.55. The van der Waals surface area contributed by atoms with Crippen molar-refractivity contribution in [3.8, 4) is 11.5 Å². The first-order valence-corrected chi connectivity index (χ1v) is 8.47. The topological polar surface area (TPSA) is 63.5 Å². The summed E-state index contributed by atoms with van der Waals surface area (Å²) < 4.78 is 27.8. The van der Waals surface area contributed by atoms with E-state index in [1.165, 1.54) is 0 Å². The number of hydrogen-bond acceptors (Lipinski definition) is 6. The Bertz CT molecular complexity index is 701. The molecular weight excluding hydrogens is 278 g/mol. The SMILES string of the molecule is CCN(CC)C1=Nc2cc3c(cc2S(C)(=O)=N1)OCO3. The summed E-state index contributed by atoms with van der Waals surface area (Å²) in [6.45, 7) is 5.78. The average molecular weight is 295 g/mol. The van der Waals surface area contributed by atoms with Crippen LogP contribution in [-0.4, -0.2) is 41.2 Å². The van der Waals surface area contributed by atoms with Gasteiger partial charge < -0.3 is 14.4 Å². The molecule has 6 nitrogen and oxygen atoms in total. The molecule has 7 heteroatoms. The standard InChI is InChI=1S/C13H17N3O3S/c1-4-16(5-2)13-14-9-6-10-11(19-8-18-10)7-12(9)20(3,17)15-13/h6-7H,4-5,8H2,1-3H3. The van der Waals surface area contributed by atoms with Crippen LogP contribution >= 0.6 is 0 Å². The van der Waals surface area contributed by atoms with Crippen molar-refractivity contribution in [2.75, 3.05) is 26.1 Å². The Morgan fingerprint density at radius 2 is 1.90 bits per heavy atom. The summed E-state index contributed by atoms with van der Waals surface area (Å²) in [5.74, 6) is 1.77. The normalized spacial score (nSPS) is 22.9. The molecule has 0 bridgehead atoms. The van der Waals surface area contributed by atoms with Crippen LogP contribution in [0.4, 0.5) is 5.69 Å². The predicted octanol–water partition coefficient (Wildman–Crippen LogP) is 2.21. The van der Waals surface area contributed by atoms with E-state index in [4.69, 9.17) is 9.47 Å². The van der Waals surface area contributed by atoms with Gasteiger partial charge in [-0.05, 0) is 13.8 Å². The average Bonchev–Trinajstić information content (AvgIpc) is 2.85. The molecule has 0 saturated carbocycles. The predicted molar refractivity (Wildman–Crippen MR) is 77.3 cm³/mol. The molecule has 1 atom stereocenters. The zero-order valence-electron chi connectivity index (χ0n) is 11.8. The van der Waals surface area contributed by atoms with Crippen LogP contribution in [0.5, 0.6) is 11.5 Å². The third-order valence-corrected chi connectivity index (χ3v) is 5.04. The molecule has 0 saturated heterocycles. The molecule has 0 fully saturated rings. The van der Waals surface area contributed by atoms with Gasteiger partial charge in [-0.3, -0.25) is 0 Å². The maximum atomic E-state index is 12.8.